The first-order valence-electron chi connectivity index (χ1n) is 8.12. The van der Waals surface area contributed by atoms with E-state index in [1.54, 1.807) is 12.1 Å². The fourth-order valence-corrected chi connectivity index (χ4v) is 4.30. The van der Waals surface area contributed by atoms with Gasteiger partial charge < -0.3 is 5.11 Å². The van der Waals surface area contributed by atoms with Crippen molar-refractivity contribution in [2.75, 3.05) is 0 Å². The molecule has 4 rings (SSSR count). The van der Waals surface area contributed by atoms with Crippen molar-refractivity contribution in [1.82, 2.24) is 9.78 Å². The number of aromatic hydroxyl groups is 1. The minimum Gasteiger partial charge on any atom is -0.508 e. The number of benzene rings is 1. The van der Waals surface area contributed by atoms with Crippen LogP contribution < -0.4 is 0 Å². The predicted octanol–water partition coefficient (Wildman–Crippen LogP) is 4.11. The van der Waals surface area contributed by atoms with E-state index in [9.17, 15) is 5.11 Å². The van der Waals surface area contributed by atoms with Crippen LogP contribution in [0.15, 0.2) is 24.3 Å². The Hall–Kier alpha value is -1.77. The molecule has 1 fully saturated rings. The molecule has 2 atom stereocenters. The largest absolute Gasteiger partial charge is 0.508 e. The molecular formula is C18H22N2O. The maximum absolute atomic E-state index is 9.50. The number of aromatic nitrogens is 2. The van der Waals surface area contributed by atoms with E-state index in [1.807, 2.05) is 12.1 Å². The molecule has 2 aromatic rings. The summed E-state index contributed by atoms with van der Waals surface area (Å²) >= 11 is 0. The molecule has 2 aliphatic rings. The van der Waals surface area contributed by atoms with Crippen molar-refractivity contribution >= 4 is 0 Å². The summed E-state index contributed by atoms with van der Waals surface area (Å²) in [5.74, 6) is 1.84. The molecule has 21 heavy (non-hydrogen) atoms. The number of phenols is 1. The maximum Gasteiger partial charge on any atom is 0.115 e. The van der Waals surface area contributed by atoms with E-state index in [0.29, 0.717) is 11.7 Å². The second-order valence-corrected chi connectivity index (χ2v) is 6.57. The van der Waals surface area contributed by atoms with Gasteiger partial charge in [0.25, 0.3) is 0 Å². The SMILES string of the molecule is Cc1nn(-c2ccc(O)cc2)c2c1CCC1CCCCC21. The van der Waals surface area contributed by atoms with Gasteiger partial charge in [-0.1, -0.05) is 12.8 Å². The molecule has 1 saturated carbocycles. The van der Waals surface area contributed by atoms with E-state index < -0.39 is 0 Å². The Morgan fingerprint density at radius 1 is 1.10 bits per heavy atom. The Kier molecular flexibility index (Phi) is 3.02. The van der Waals surface area contributed by atoms with Gasteiger partial charge in [-0.3, -0.25) is 0 Å². The molecule has 0 amide bonds. The predicted molar refractivity (Wildman–Crippen MR) is 83.0 cm³/mol. The monoisotopic (exact) mass is 282 g/mol. The zero-order valence-corrected chi connectivity index (χ0v) is 12.5. The fourth-order valence-electron chi connectivity index (χ4n) is 4.30. The lowest BCUT2D eigenvalue weighted by atomic mass is 9.70. The highest BCUT2D eigenvalue weighted by atomic mass is 16.3. The van der Waals surface area contributed by atoms with Crippen LogP contribution >= 0.6 is 0 Å². The van der Waals surface area contributed by atoms with Crippen LogP contribution in [0, 0.1) is 12.8 Å². The van der Waals surface area contributed by atoms with Gasteiger partial charge in [0, 0.05) is 5.92 Å². The van der Waals surface area contributed by atoms with Crippen molar-refractivity contribution < 1.29 is 5.11 Å². The quantitative estimate of drug-likeness (QED) is 0.855. The van der Waals surface area contributed by atoms with Gasteiger partial charge in [0.2, 0.25) is 0 Å². The van der Waals surface area contributed by atoms with E-state index in [0.717, 1.165) is 11.6 Å². The minimum atomic E-state index is 0.312. The summed E-state index contributed by atoms with van der Waals surface area (Å²) in [6.45, 7) is 2.14. The van der Waals surface area contributed by atoms with Crippen LogP contribution in [0.25, 0.3) is 5.69 Å². The lowest BCUT2D eigenvalue weighted by molar-refractivity contribution is 0.268. The molecule has 0 spiro atoms. The lowest BCUT2D eigenvalue weighted by Gasteiger charge is -2.36. The molecule has 3 heteroatoms. The molecule has 2 unspecified atom stereocenters. The van der Waals surface area contributed by atoms with Crippen molar-refractivity contribution in [2.24, 2.45) is 5.92 Å². The molecule has 3 nitrogen and oxygen atoms in total. The number of rotatable bonds is 1. The Labute approximate surface area is 125 Å². The molecule has 1 aromatic carbocycles. The van der Waals surface area contributed by atoms with Crippen LogP contribution in [0.1, 0.15) is 55.0 Å². The average Bonchev–Trinajstić information content (AvgIpc) is 2.86. The first-order valence-corrected chi connectivity index (χ1v) is 8.12. The third kappa shape index (κ3) is 2.06. The van der Waals surface area contributed by atoms with E-state index in [-0.39, 0.29) is 0 Å². The zero-order chi connectivity index (χ0) is 14.4. The second-order valence-electron chi connectivity index (χ2n) is 6.57. The third-order valence-corrected chi connectivity index (χ3v) is 5.34. The van der Waals surface area contributed by atoms with Crippen LogP contribution in [0.5, 0.6) is 5.75 Å². The summed E-state index contributed by atoms with van der Waals surface area (Å²) < 4.78 is 2.15. The number of fused-ring (bicyclic) bond motifs is 3. The van der Waals surface area contributed by atoms with Crippen molar-refractivity contribution in [3.05, 3.63) is 41.2 Å². The van der Waals surface area contributed by atoms with Crippen LogP contribution in [-0.4, -0.2) is 14.9 Å². The fraction of sp³-hybridized carbons (Fsp3) is 0.500. The van der Waals surface area contributed by atoms with E-state index in [1.165, 1.54) is 55.5 Å². The third-order valence-electron chi connectivity index (χ3n) is 5.34. The summed E-state index contributed by atoms with van der Waals surface area (Å²) in [6, 6.07) is 7.43. The van der Waals surface area contributed by atoms with Crippen LogP contribution in [-0.2, 0) is 6.42 Å². The van der Waals surface area contributed by atoms with Gasteiger partial charge in [0.15, 0.2) is 0 Å². The lowest BCUT2D eigenvalue weighted by Crippen LogP contribution is -2.25. The second kappa shape index (κ2) is 4.90. The van der Waals surface area contributed by atoms with Crippen molar-refractivity contribution in [2.45, 2.75) is 51.4 Å². The topological polar surface area (TPSA) is 38.0 Å². The highest BCUT2D eigenvalue weighted by Gasteiger charge is 2.35. The van der Waals surface area contributed by atoms with E-state index in [4.69, 9.17) is 5.10 Å². The maximum atomic E-state index is 9.50. The van der Waals surface area contributed by atoms with Gasteiger partial charge in [0.05, 0.1) is 17.1 Å². The number of nitrogens with zero attached hydrogens (tertiary/aromatic N) is 2. The Balaban J connectivity index is 1.84. The molecule has 0 bridgehead atoms. The molecule has 0 aliphatic heterocycles. The van der Waals surface area contributed by atoms with E-state index >= 15 is 0 Å². The summed E-state index contributed by atoms with van der Waals surface area (Å²) in [5, 5.41) is 14.3. The highest BCUT2D eigenvalue weighted by Crippen LogP contribution is 2.46. The van der Waals surface area contributed by atoms with Crippen molar-refractivity contribution in [1.29, 1.82) is 0 Å². The van der Waals surface area contributed by atoms with Gasteiger partial charge in [-0.05, 0) is 68.4 Å². The molecule has 0 saturated heterocycles. The molecule has 1 aromatic heterocycles. The summed E-state index contributed by atoms with van der Waals surface area (Å²) in [6.07, 6.45) is 7.94. The first kappa shape index (κ1) is 12.9. The average molecular weight is 282 g/mol. The summed E-state index contributed by atoms with van der Waals surface area (Å²) in [7, 11) is 0. The van der Waals surface area contributed by atoms with Gasteiger partial charge in [-0.15, -0.1) is 0 Å². The Morgan fingerprint density at radius 2 is 1.86 bits per heavy atom. The first-order chi connectivity index (χ1) is 10.2. The summed E-state index contributed by atoms with van der Waals surface area (Å²) in [4.78, 5) is 0. The highest BCUT2D eigenvalue weighted by molar-refractivity contribution is 5.42. The van der Waals surface area contributed by atoms with Gasteiger partial charge in [0.1, 0.15) is 5.75 Å². The number of phenolic OH excluding ortho intramolecular Hbond substituents is 1. The van der Waals surface area contributed by atoms with E-state index in [2.05, 4.69) is 11.6 Å². The standard InChI is InChI=1S/C18H22N2O/c1-12-16-11-6-13-4-2-3-5-17(13)18(16)20(19-12)14-7-9-15(21)10-8-14/h7-10,13,17,21H,2-6,11H2,1H3. The molecule has 1 heterocycles. The van der Waals surface area contributed by atoms with Crippen LogP contribution in [0.4, 0.5) is 0 Å². The van der Waals surface area contributed by atoms with Gasteiger partial charge in [-0.2, -0.15) is 5.10 Å². The number of hydrogen-bond acceptors (Lipinski definition) is 2. The van der Waals surface area contributed by atoms with Gasteiger partial charge >= 0.3 is 0 Å². The molecule has 110 valence electrons. The normalized spacial score (nSPS) is 24.4. The Morgan fingerprint density at radius 3 is 2.67 bits per heavy atom. The zero-order valence-electron chi connectivity index (χ0n) is 12.5. The number of hydrogen-bond donors (Lipinski definition) is 1. The molecule has 2 aliphatic carbocycles. The summed E-state index contributed by atoms with van der Waals surface area (Å²) in [5.41, 5.74) is 5.19. The molecular weight excluding hydrogens is 260 g/mol. The van der Waals surface area contributed by atoms with Crippen molar-refractivity contribution in [3.8, 4) is 11.4 Å². The van der Waals surface area contributed by atoms with Crippen molar-refractivity contribution in [3.63, 3.8) is 0 Å². The van der Waals surface area contributed by atoms with Crippen LogP contribution in [0.2, 0.25) is 0 Å². The molecule has 0 radical (unpaired) electrons. The van der Waals surface area contributed by atoms with Gasteiger partial charge in [-0.25, -0.2) is 4.68 Å². The molecule has 1 N–H and O–H groups in total. The van der Waals surface area contributed by atoms with Crippen LogP contribution in [0.3, 0.4) is 0 Å². The number of aryl methyl sites for hydroxylation is 1. The minimum absolute atomic E-state index is 0.312. The smallest absolute Gasteiger partial charge is 0.115 e. The Bertz CT molecular complexity index is 657.